The highest BCUT2D eigenvalue weighted by Crippen LogP contribution is 2.32. The van der Waals surface area contributed by atoms with E-state index in [0.29, 0.717) is 46.4 Å². The average Bonchev–Trinajstić information content (AvgIpc) is 3.25. The van der Waals surface area contributed by atoms with E-state index in [-0.39, 0.29) is 11.9 Å². The smallest absolute Gasteiger partial charge is 0.327 e. The zero-order chi connectivity index (χ0) is 24.2. The van der Waals surface area contributed by atoms with Gasteiger partial charge in [0.05, 0.1) is 11.6 Å². The highest BCUT2D eigenvalue weighted by atomic mass is 16.5. The molecule has 5 rings (SSSR count). The molecule has 0 unspecified atom stereocenters. The largest absolute Gasteiger partial charge is 0.489 e. The number of aryl methyl sites for hydroxylation is 2. The summed E-state index contributed by atoms with van der Waals surface area (Å²) in [5, 5.41) is 9.22. The Morgan fingerprint density at radius 1 is 0.857 bits per heavy atom. The molecule has 0 spiro atoms. The zero-order valence-corrected chi connectivity index (χ0v) is 19.1. The van der Waals surface area contributed by atoms with Crippen molar-refractivity contribution in [1.82, 2.24) is 19.9 Å². The molecule has 0 aliphatic rings. The molecule has 35 heavy (non-hydrogen) atoms. The Morgan fingerprint density at radius 3 is 2.51 bits per heavy atom. The van der Waals surface area contributed by atoms with E-state index in [1.54, 1.807) is 18.2 Å². The van der Waals surface area contributed by atoms with E-state index in [1.807, 2.05) is 68.4 Å². The lowest BCUT2D eigenvalue weighted by Gasteiger charge is -2.11. The summed E-state index contributed by atoms with van der Waals surface area (Å²) < 4.78 is 18.0. The second kappa shape index (κ2) is 9.53. The zero-order valence-electron chi connectivity index (χ0n) is 19.1. The van der Waals surface area contributed by atoms with E-state index in [2.05, 4.69) is 26.0 Å². The number of ether oxygens (including phenoxy) is 3. The summed E-state index contributed by atoms with van der Waals surface area (Å²) in [4.78, 5) is 16.4. The van der Waals surface area contributed by atoms with Crippen LogP contribution in [0, 0.1) is 25.2 Å². The van der Waals surface area contributed by atoms with Crippen LogP contribution < -0.4 is 14.2 Å². The van der Waals surface area contributed by atoms with E-state index in [1.165, 1.54) is 0 Å². The third-order valence-corrected chi connectivity index (χ3v) is 5.20. The first-order chi connectivity index (χ1) is 17.1. The SMILES string of the molecule is Cc1nc2nc(Oc3cc(C#N)ccc3C)nc(Oc3cccc(OCc4ccccc4)c3)c2[nH]1. The number of hydrogen-bond donors (Lipinski definition) is 1. The molecule has 3 aromatic carbocycles. The van der Waals surface area contributed by atoms with Crippen molar-refractivity contribution in [3.05, 3.63) is 95.3 Å². The summed E-state index contributed by atoms with van der Waals surface area (Å²) in [7, 11) is 0. The van der Waals surface area contributed by atoms with Crippen LogP contribution in [0.4, 0.5) is 0 Å². The van der Waals surface area contributed by atoms with Gasteiger partial charge in [-0.3, -0.25) is 0 Å². The Hall–Kier alpha value is -4.90. The van der Waals surface area contributed by atoms with Crippen LogP contribution in [0.5, 0.6) is 29.1 Å². The molecule has 8 nitrogen and oxygen atoms in total. The number of aromatic amines is 1. The maximum atomic E-state index is 9.22. The molecule has 0 bridgehead atoms. The molecule has 0 atom stereocenters. The molecule has 2 aromatic heterocycles. The lowest BCUT2D eigenvalue weighted by Crippen LogP contribution is -1.98. The molecule has 0 saturated heterocycles. The standard InChI is InChI=1S/C27H21N5O3/c1-17-11-12-20(15-28)13-23(17)35-27-31-25-24(29-18(2)30-25)26(32-27)34-22-10-6-9-21(14-22)33-16-19-7-4-3-5-8-19/h3-14H,16H2,1-2H3,(H,29,30,31,32). The van der Waals surface area contributed by atoms with Gasteiger partial charge < -0.3 is 19.2 Å². The van der Waals surface area contributed by atoms with Crippen molar-refractivity contribution in [3.63, 3.8) is 0 Å². The van der Waals surface area contributed by atoms with E-state index >= 15 is 0 Å². The molecule has 0 saturated carbocycles. The third-order valence-electron chi connectivity index (χ3n) is 5.20. The molecule has 0 aliphatic heterocycles. The second-order valence-electron chi connectivity index (χ2n) is 7.88. The van der Waals surface area contributed by atoms with Crippen LogP contribution in [0.2, 0.25) is 0 Å². The van der Waals surface area contributed by atoms with Crippen LogP contribution in [0.1, 0.15) is 22.5 Å². The maximum Gasteiger partial charge on any atom is 0.327 e. The Kier molecular flexibility index (Phi) is 5.97. The van der Waals surface area contributed by atoms with Gasteiger partial charge in [0.1, 0.15) is 35.2 Å². The van der Waals surface area contributed by atoms with Gasteiger partial charge in [-0.2, -0.15) is 15.2 Å². The van der Waals surface area contributed by atoms with Crippen LogP contribution in [0.15, 0.2) is 72.8 Å². The van der Waals surface area contributed by atoms with Crippen molar-refractivity contribution in [2.24, 2.45) is 0 Å². The van der Waals surface area contributed by atoms with E-state index in [0.717, 1.165) is 11.1 Å². The molecule has 172 valence electrons. The Bertz CT molecular complexity index is 1540. The predicted octanol–water partition coefficient (Wildman–Crippen LogP) is 6.01. The van der Waals surface area contributed by atoms with Crippen LogP contribution in [-0.4, -0.2) is 19.9 Å². The number of imidazole rings is 1. The van der Waals surface area contributed by atoms with Gasteiger partial charge in [-0.05, 0) is 49.2 Å². The van der Waals surface area contributed by atoms with Gasteiger partial charge in [-0.15, -0.1) is 0 Å². The van der Waals surface area contributed by atoms with Crippen molar-refractivity contribution >= 4 is 11.2 Å². The third kappa shape index (κ3) is 5.04. The summed E-state index contributed by atoms with van der Waals surface area (Å²) in [5.74, 6) is 2.62. The fourth-order valence-corrected chi connectivity index (χ4v) is 3.45. The fourth-order valence-electron chi connectivity index (χ4n) is 3.45. The van der Waals surface area contributed by atoms with Gasteiger partial charge >= 0.3 is 6.01 Å². The highest BCUT2D eigenvalue weighted by Gasteiger charge is 2.16. The van der Waals surface area contributed by atoms with Gasteiger partial charge in [-0.25, -0.2) is 4.98 Å². The molecule has 8 heteroatoms. The molecule has 0 amide bonds. The molecule has 2 heterocycles. The Balaban J connectivity index is 1.43. The molecular weight excluding hydrogens is 442 g/mol. The van der Waals surface area contributed by atoms with Crippen LogP contribution in [-0.2, 0) is 6.61 Å². The van der Waals surface area contributed by atoms with Gasteiger partial charge in [0.25, 0.3) is 5.88 Å². The van der Waals surface area contributed by atoms with Crippen molar-refractivity contribution in [3.8, 4) is 35.2 Å². The highest BCUT2D eigenvalue weighted by molar-refractivity contribution is 5.77. The van der Waals surface area contributed by atoms with Crippen LogP contribution in [0.3, 0.4) is 0 Å². The first kappa shape index (κ1) is 21.9. The summed E-state index contributed by atoms with van der Waals surface area (Å²) in [6.45, 7) is 4.15. The Labute approximate surface area is 201 Å². The normalized spacial score (nSPS) is 10.7. The van der Waals surface area contributed by atoms with Crippen molar-refractivity contribution in [1.29, 1.82) is 5.26 Å². The van der Waals surface area contributed by atoms with E-state index in [9.17, 15) is 5.26 Å². The number of hydrogen-bond acceptors (Lipinski definition) is 7. The Morgan fingerprint density at radius 2 is 1.69 bits per heavy atom. The summed E-state index contributed by atoms with van der Waals surface area (Å²) in [5.41, 5.74) is 3.35. The quantitative estimate of drug-likeness (QED) is 0.315. The summed E-state index contributed by atoms with van der Waals surface area (Å²) in [6, 6.07) is 24.6. The lowest BCUT2D eigenvalue weighted by atomic mass is 10.1. The number of aromatic nitrogens is 4. The number of rotatable bonds is 7. The number of nitriles is 1. The summed E-state index contributed by atoms with van der Waals surface area (Å²) >= 11 is 0. The van der Waals surface area contributed by atoms with E-state index in [4.69, 9.17) is 14.2 Å². The summed E-state index contributed by atoms with van der Waals surface area (Å²) in [6.07, 6.45) is 0. The number of benzene rings is 3. The number of nitrogens with one attached hydrogen (secondary N) is 1. The minimum atomic E-state index is 0.0636. The van der Waals surface area contributed by atoms with Gasteiger partial charge in [0, 0.05) is 6.07 Å². The molecular formula is C27H21N5O3. The van der Waals surface area contributed by atoms with Crippen LogP contribution >= 0.6 is 0 Å². The van der Waals surface area contributed by atoms with Crippen molar-refractivity contribution in [2.75, 3.05) is 0 Å². The number of fused-ring (bicyclic) bond motifs is 1. The van der Waals surface area contributed by atoms with Crippen LogP contribution in [0.25, 0.3) is 11.2 Å². The predicted molar refractivity (Wildman–Crippen MR) is 130 cm³/mol. The molecule has 1 N–H and O–H groups in total. The molecule has 0 aliphatic carbocycles. The number of H-pyrrole nitrogens is 1. The fraction of sp³-hybridized carbons (Fsp3) is 0.111. The van der Waals surface area contributed by atoms with Crippen molar-refractivity contribution in [2.45, 2.75) is 20.5 Å². The first-order valence-electron chi connectivity index (χ1n) is 10.9. The number of nitrogens with zero attached hydrogens (tertiary/aromatic N) is 4. The molecule has 0 radical (unpaired) electrons. The first-order valence-corrected chi connectivity index (χ1v) is 10.9. The van der Waals surface area contributed by atoms with E-state index < -0.39 is 0 Å². The minimum absolute atomic E-state index is 0.0636. The second-order valence-corrected chi connectivity index (χ2v) is 7.88. The topological polar surface area (TPSA) is 106 Å². The average molecular weight is 463 g/mol. The molecule has 5 aromatic rings. The van der Waals surface area contributed by atoms with Gasteiger partial charge in [-0.1, -0.05) is 42.5 Å². The monoisotopic (exact) mass is 463 g/mol. The minimum Gasteiger partial charge on any atom is -0.489 e. The van der Waals surface area contributed by atoms with Crippen molar-refractivity contribution < 1.29 is 14.2 Å². The molecule has 0 fully saturated rings. The lowest BCUT2D eigenvalue weighted by molar-refractivity contribution is 0.304. The van der Waals surface area contributed by atoms with Gasteiger partial charge in [0.2, 0.25) is 0 Å². The maximum absolute atomic E-state index is 9.22. The van der Waals surface area contributed by atoms with Gasteiger partial charge in [0.15, 0.2) is 5.65 Å².